The first-order chi connectivity index (χ1) is 14.2. The number of nitrogens with zero attached hydrogens (tertiary/aromatic N) is 2. The number of ether oxygens (including phenoxy) is 1. The lowest BCUT2D eigenvalue weighted by molar-refractivity contribution is 0.274. The van der Waals surface area contributed by atoms with Gasteiger partial charge < -0.3 is 19.2 Å². The number of hydrogen-bond donors (Lipinski definition) is 1. The van der Waals surface area contributed by atoms with Crippen LogP contribution in [0.5, 0.6) is 5.75 Å². The van der Waals surface area contributed by atoms with E-state index in [1.807, 2.05) is 37.3 Å². The van der Waals surface area contributed by atoms with E-state index in [9.17, 15) is 5.11 Å². The number of methoxy groups -OCH3 is 1. The Kier molecular flexibility index (Phi) is 5.97. The summed E-state index contributed by atoms with van der Waals surface area (Å²) in [5.74, 6) is 2.28. The van der Waals surface area contributed by atoms with Gasteiger partial charge in [0.15, 0.2) is 0 Å². The Morgan fingerprint density at radius 1 is 1.03 bits per heavy atom. The van der Waals surface area contributed by atoms with Crippen LogP contribution in [0.25, 0.3) is 22.6 Å². The molecule has 5 heteroatoms. The van der Waals surface area contributed by atoms with Crippen LogP contribution in [0, 0.1) is 6.92 Å². The van der Waals surface area contributed by atoms with E-state index < -0.39 is 0 Å². The molecule has 1 aliphatic rings. The van der Waals surface area contributed by atoms with Crippen LogP contribution in [-0.4, -0.2) is 41.7 Å². The number of aliphatic hydroxyl groups excluding tert-OH is 1. The molecule has 1 saturated heterocycles. The van der Waals surface area contributed by atoms with Crippen molar-refractivity contribution in [2.24, 2.45) is 0 Å². The average molecular weight is 392 g/mol. The van der Waals surface area contributed by atoms with Gasteiger partial charge in [-0.1, -0.05) is 18.2 Å². The van der Waals surface area contributed by atoms with Gasteiger partial charge in [-0.15, -0.1) is 0 Å². The molecule has 152 valence electrons. The average Bonchev–Trinajstić information content (AvgIpc) is 3.41. The molecule has 0 atom stereocenters. The maximum absolute atomic E-state index is 9.55. The van der Waals surface area contributed by atoms with Crippen LogP contribution in [0.2, 0.25) is 0 Å². The van der Waals surface area contributed by atoms with Crippen LogP contribution in [0.4, 0.5) is 0 Å². The lowest BCUT2D eigenvalue weighted by Gasteiger charge is -2.12. The molecule has 0 bridgehead atoms. The number of rotatable bonds is 7. The number of likely N-dealkylation sites (tertiary alicyclic amines) is 1. The molecule has 0 spiro atoms. The molecule has 0 amide bonds. The van der Waals surface area contributed by atoms with E-state index in [4.69, 9.17) is 14.1 Å². The highest BCUT2D eigenvalue weighted by Gasteiger charge is 2.15. The summed E-state index contributed by atoms with van der Waals surface area (Å²) in [6.07, 6.45) is 3.55. The van der Waals surface area contributed by atoms with Gasteiger partial charge >= 0.3 is 0 Å². The van der Waals surface area contributed by atoms with Crippen LogP contribution in [0.1, 0.15) is 29.9 Å². The molecule has 0 saturated carbocycles. The second kappa shape index (κ2) is 8.80. The van der Waals surface area contributed by atoms with Crippen LogP contribution >= 0.6 is 0 Å². The van der Waals surface area contributed by atoms with Crippen molar-refractivity contribution in [3.63, 3.8) is 0 Å². The van der Waals surface area contributed by atoms with Crippen LogP contribution < -0.4 is 4.74 Å². The molecule has 0 aliphatic carbocycles. The summed E-state index contributed by atoms with van der Waals surface area (Å²) in [6, 6.07) is 14.0. The Balaban J connectivity index is 1.50. The normalized spacial score (nSPS) is 14.4. The minimum Gasteiger partial charge on any atom is -0.496 e. The first-order valence-corrected chi connectivity index (χ1v) is 10.2. The third-order valence-corrected chi connectivity index (χ3v) is 5.67. The van der Waals surface area contributed by atoms with Crippen molar-refractivity contribution in [3.05, 3.63) is 59.5 Å². The minimum atomic E-state index is -0.0507. The van der Waals surface area contributed by atoms with E-state index in [0.717, 1.165) is 46.7 Å². The van der Waals surface area contributed by atoms with Crippen molar-refractivity contribution in [3.8, 4) is 28.3 Å². The largest absolute Gasteiger partial charge is 0.496 e. The summed E-state index contributed by atoms with van der Waals surface area (Å²) in [5, 5.41) is 9.55. The first kappa shape index (κ1) is 19.7. The molecule has 2 heterocycles. The van der Waals surface area contributed by atoms with E-state index in [1.54, 1.807) is 7.11 Å². The summed E-state index contributed by atoms with van der Waals surface area (Å²) in [4.78, 5) is 7.25. The van der Waals surface area contributed by atoms with Crippen molar-refractivity contribution in [1.82, 2.24) is 9.88 Å². The number of oxazole rings is 1. The molecule has 1 N–H and O–H groups in total. The Morgan fingerprint density at radius 2 is 1.72 bits per heavy atom. The maximum atomic E-state index is 9.55. The number of aliphatic hydroxyl groups is 1. The Labute approximate surface area is 172 Å². The standard InChI is InChI=1S/C24H28N2O3/c1-17-22(11-14-26-12-3-4-13-26)25-24(29-17)19-7-5-18(6-8-19)20-9-10-23(28-2)21(15-20)16-27/h5-10,15,27H,3-4,11-14,16H2,1-2H3. The van der Waals surface area contributed by atoms with Gasteiger partial charge in [-0.3, -0.25) is 0 Å². The van der Waals surface area contributed by atoms with Gasteiger partial charge in [-0.25, -0.2) is 4.98 Å². The zero-order chi connectivity index (χ0) is 20.2. The summed E-state index contributed by atoms with van der Waals surface area (Å²) in [5.41, 5.74) is 4.92. The van der Waals surface area contributed by atoms with Crippen LogP contribution in [0.3, 0.4) is 0 Å². The van der Waals surface area contributed by atoms with Gasteiger partial charge in [0.2, 0.25) is 5.89 Å². The molecular weight excluding hydrogens is 364 g/mol. The smallest absolute Gasteiger partial charge is 0.226 e. The molecule has 2 aromatic carbocycles. The van der Waals surface area contributed by atoms with E-state index in [2.05, 4.69) is 17.0 Å². The quantitative estimate of drug-likeness (QED) is 0.643. The van der Waals surface area contributed by atoms with Gasteiger partial charge in [-0.2, -0.15) is 0 Å². The molecule has 1 aromatic heterocycles. The van der Waals surface area contributed by atoms with Crippen molar-refractivity contribution in [2.75, 3.05) is 26.7 Å². The van der Waals surface area contributed by atoms with Crippen molar-refractivity contribution < 1.29 is 14.3 Å². The molecule has 1 aliphatic heterocycles. The third-order valence-electron chi connectivity index (χ3n) is 5.67. The van der Waals surface area contributed by atoms with Gasteiger partial charge in [0.25, 0.3) is 0 Å². The van der Waals surface area contributed by atoms with E-state index in [-0.39, 0.29) is 6.61 Å². The third kappa shape index (κ3) is 4.36. The fraction of sp³-hybridized carbons (Fsp3) is 0.375. The van der Waals surface area contributed by atoms with Crippen molar-refractivity contribution >= 4 is 0 Å². The predicted molar refractivity (Wildman–Crippen MR) is 114 cm³/mol. The van der Waals surface area contributed by atoms with E-state index >= 15 is 0 Å². The van der Waals surface area contributed by atoms with E-state index in [1.165, 1.54) is 25.9 Å². The number of aromatic nitrogens is 1. The molecule has 4 rings (SSSR count). The fourth-order valence-electron chi connectivity index (χ4n) is 3.94. The lowest BCUT2D eigenvalue weighted by atomic mass is 10.0. The second-order valence-corrected chi connectivity index (χ2v) is 7.58. The molecule has 3 aromatic rings. The van der Waals surface area contributed by atoms with E-state index in [0.29, 0.717) is 11.6 Å². The number of benzene rings is 2. The fourth-order valence-corrected chi connectivity index (χ4v) is 3.94. The molecule has 29 heavy (non-hydrogen) atoms. The highest BCUT2D eigenvalue weighted by atomic mass is 16.5. The highest BCUT2D eigenvalue weighted by molar-refractivity contribution is 5.69. The summed E-state index contributed by atoms with van der Waals surface area (Å²) in [7, 11) is 1.61. The molecule has 5 nitrogen and oxygen atoms in total. The monoisotopic (exact) mass is 392 g/mol. The zero-order valence-electron chi connectivity index (χ0n) is 17.1. The summed E-state index contributed by atoms with van der Waals surface area (Å²) < 4.78 is 11.2. The van der Waals surface area contributed by atoms with Crippen LogP contribution in [-0.2, 0) is 13.0 Å². The topological polar surface area (TPSA) is 58.7 Å². The van der Waals surface area contributed by atoms with Gasteiger partial charge in [0.05, 0.1) is 19.4 Å². The predicted octanol–water partition coefficient (Wildman–Crippen LogP) is 4.46. The molecule has 0 radical (unpaired) electrons. The zero-order valence-corrected chi connectivity index (χ0v) is 17.1. The Bertz CT molecular complexity index is 957. The number of aryl methyl sites for hydroxylation is 1. The van der Waals surface area contributed by atoms with Gasteiger partial charge in [-0.05, 0) is 68.2 Å². The molecular formula is C24H28N2O3. The van der Waals surface area contributed by atoms with Crippen molar-refractivity contribution in [2.45, 2.75) is 32.8 Å². The Hall–Kier alpha value is -2.63. The van der Waals surface area contributed by atoms with Crippen molar-refractivity contribution in [1.29, 1.82) is 0 Å². The van der Waals surface area contributed by atoms with Crippen LogP contribution in [0.15, 0.2) is 46.9 Å². The molecule has 0 unspecified atom stereocenters. The SMILES string of the molecule is COc1ccc(-c2ccc(-c3nc(CCN4CCCC4)c(C)o3)cc2)cc1CO. The summed E-state index contributed by atoms with van der Waals surface area (Å²) >= 11 is 0. The van der Waals surface area contributed by atoms with Gasteiger partial charge in [0.1, 0.15) is 11.5 Å². The first-order valence-electron chi connectivity index (χ1n) is 10.2. The number of hydrogen-bond acceptors (Lipinski definition) is 5. The lowest BCUT2D eigenvalue weighted by Crippen LogP contribution is -2.22. The second-order valence-electron chi connectivity index (χ2n) is 7.58. The maximum Gasteiger partial charge on any atom is 0.226 e. The minimum absolute atomic E-state index is 0.0507. The highest BCUT2D eigenvalue weighted by Crippen LogP contribution is 2.29. The van der Waals surface area contributed by atoms with Gasteiger partial charge in [0, 0.05) is 24.1 Å². The Morgan fingerprint density at radius 3 is 2.41 bits per heavy atom. The summed E-state index contributed by atoms with van der Waals surface area (Å²) in [6.45, 7) is 5.41. The molecule has 1 fully saturated rings.